The fourth-order valence-corrected chi connectivity index (χ4v) is 1.85. The predicted octanol–water partition coefficient (Wildman–Crippen LogP) is 2.61. The van der Waals surface area contributed by atoms with Gasteiger partial charge in [0.25, 0.3) is 0 Å². The molecule has 0 aromatic carbocycles. The number of nitrogens with two attached hydrogens (primary N) is 1. The topological polar surface area (TPSA) is 48.1 Å². The highest BCUT2D eigenvalue weighted by Gasteiger charge is 2.02. The third-order valence-electron chi connectivity index (χ3n) is 1.95. The summed E-state index contributed by atoms with van der Waals surface area (Å²) in [5.41, 5.74) is 7.40. The molecular weight excluding hydrogens is 208 g/mol. The normalized spacial score (nSPS) is 10.2. The van der Waals surface area contributed by atoms with Crippen LogP contribution in [0.15, 0.2) is 29.8 Å². The van der Waals surface area contributed by atoms with Crippen LogP contribution in [0, 0.1) is 6.92 Å². The van der Waals surface area contributed by atoms with Gasteiger partial charge in [-0.3, -0.25) is 0 Å². The number of hydrogen-bond donors (Lipinski definition) is 1. The lowest BCUT2D eigenvalue weighted by Crippen LogP contribution is -1.99. The Labute approximate surface area is 92.5 Å². The van der Waals surface area contributed by atoms with Crippen molar-refractivity contribution in [2.24, 2.45) is 0 Å². The highest BCUT2D eigenvalue weighted by Crippen LogP contribution is 2.20. The molecule has 2 heterocycles. The summed E-state index contributed by atoms with van der Waals surface area (Å²) in [6, 6.07) is 5.88. The first-order chi connectivity index (χ1) is 7.25. The van der Waals surface area contributed by atoms with Crippen LogP contribution in [0.25, 0.3) is 0 Å². The second kappa shape index (κ2) is 4.31. The third-order valence-corrected chi connectivity index (χ3v) is 2.80. The molecule has 15 heavy (non-hydrogen) atoms. The van der Waals surface area contributed by atoms with E-state index in [1.165, 1.54) is 0 Å². The van der Waals surface area contributed by atoms with Gasteiger partial charge < -0.3 is 10.5 Å². The Morgan fingerprint density at radius 1 is 1.53 bits per heavy atom. The summed E-state index contributed by atoms with van der Waals surface area (Å²) in [6.07, 6.45) is 1.75. The number of thiophene rings is 1. The first-order valence-electron chi connectivity index (χ1n) is 4.63. The molecule has 2 aromatic heterocycles. The summed E-state index contributed by atoms with van der Waals surface area (Å²) >= 11 is 1.66. The van der Waals surface area contributed by atoms with E-state index in [4.69, 9.17) is 10.5 Å². The standard InChI is InChI=1S/C11H12N2OS/c1-8-5-10(12)11(13-6-8)14-7-9-3-2-4-15-9/h2-6H,7,12H2,1H3. The molecule has 0 saturated heterocycles. The number of nitrogen functional groups attached to an aromatic ring is 1. The van der Waals surface area contributed by atoms with Gasteiger partial charge in [0.1, 0.15) is 6.61 Å². The molecule has 0 spiro atoms. The predicted molar refractivity (Wildman–Crippen MR) is 62.0 cm³/mol. The summed E-state index contributed by atoms with van der Waals surface area (Å²) in [4.78, 5) is 5.30. The van der Waals surface area contributed by atoms with Crippen LogP contribution in [-0.4, -0.2) is 4.98 Å². The minimum Gasteiger partial charge on any atom is -0.470 e. The SMILES string of the molecule is Cc1cnc(OCc2cccs2)c(N)c1. The second-order valence-corrected chi connectivity index (χ2v) is 4.31. The van der Waals surface area contributed by atoms with Crippen LogP contribution < -0.4 is 10.5 Å². The molecule has 4 heteroatoms. The van der Waals surface area contributed by atoms with E-state index >= 15 is 0 Å². The molecule has 2 rings (SSSR count). The van der Waals surface area contributed by atoms with Crippen molar-refractivity contribution in [3.63, 3.8) is 0 Å². The summed E-state index contributed by atoms with van der Waals surface area (Å²) in [5.74, 6) is 0.508. The van der Waals surface area contributed by atoms with E-state index in [9.17, 15) is 0 Å². The molecule has 0 aliphatic heterocycles. The van der Waals surface area contributed by atoms with Crippen LogP contribution >= 0.6 is 11.3 Å². The number of anilines is 1. The molecule has 0 atom stereocenters. The highest BCUT2D eigenvalue weighted by atomic mass is 32.1. The van der Waals surface area contributed by atoms with E-state index in [0.29, 0.717) is 18.2 Å². The third kappa shape index (κ3) is 2.47. The minimum absolute atomic E-state index is 0.508. The maximum absolute atomic E-state index is 5.78. The van der Waals surface area contributed by atoms with Gasteiger partial charge in [0.2, 0.25) is 5.88 Å². The lowest BCUT2D eigenvalue weighted by Gasteiger charge is -2.06. The maximum atomic E-state index is 5.78. The van der Waals surface area contributed by atoms with E-state index in [-0.39, 0.29) is 0 Å². The molecule has 0 fully saturated rings. The molecule has 0 bridgehead atoms. The number of rotatable bonds is 3. The van der Waals surface area contributed by atoms with Crippen molar-refractivity contribution in [1.82, 2.24) is 4.98 Å². The zero-order chi connectivity index (χ0) is 10.7. The summed E-state index contributed by atoms with van der Waals surface area (Å²) in [5, 5.41) is 2.02. The van der Waals surface area contributed by atoms with Gasteiger partial charge in [0.05, 0.1) is 5.69 Å². The largest absolute Gasteiger partial charge is 0.470 e. The molecule has 0 radical (unpaired) electrons. The Balaban J connectivity index is 2.05. The van der Waals surface area contributed by atoms with Crippen molar-refractivity contribution in [2.75, 3.05) is 5.73 Å². The Hall–Kier alpha value is -1.55. The fraction of sp³-hybridized carbons (Fsp3) is 0.182. The lowest BCUT2D eigenvalue weighted by atomic mass is 10.3. The van der Waals surface area contributed by atoms with Crippen molar-refractivity contribution in [3.05, 3.63) is 40.2 Å². The number of hydrogen-bond acceptors (Lipinski definition) is 4. The van der Waals surface area contributed by atoms with Gasteiger partial charge in [0, 0.05) is 11.1 Å². The van der Waals surface area contributed by atoms with Gasteiger partial charge in [-0.25, -0.2) is 4.98 Å². The van der Waals surface area contributed by atoms with Crippen LogP contribution in [-0.2, 0) is 6.61 Å². The molecule has 78 valence electrons. The van der Waals surface area contributed by atoms with Crippen LogP contribution in [0.4, 0.5) is 5.69 Å². The second-order valence-electron chi connectivity index (χ2n) is 3.28. The number of aryl methyl sites for hydroxylation is 1. The molecule has 3 nitrogen and oxygen atoms in total. The summed E-state index contributed by atoms with van der Waals surface area (Å²) < 4.78 is 5.51. The van der Waals surface area contributed by atoms with Gasteiger partial charge in [0.15, 0.2) is 0 Å². The zero-order valence-corrected chi connectivity index (χ0v) is 9.25. The van der Waals surface area contributed by atoms with Crippen molar-refractivity contribution in [2.45, 2.75) is 13.5 Å². The Kier molecular flexibility index (Phi) is 2.87. The first-order valence-corrected chi connectivity index (χ1v) is 5.51. The quantitative estimate of drug-likeness (QED) is 0.865. The van der Waals surface area contributed by atoms with E-state index in [1.807, 2.05) is 30.5 Å². The molecule has 0 aliphatic carbocycles. The fourth-order valence-electron chi connectivity index (χ4n) is 1.23. The maximum Gasteiger partial charge on any atom is 0.237 e. The molecular formula is C11H12N2OS. The average Bonchev–Trinajstić information content (AvgIpc) is 2.69. The smallest absolute Gasteiger partial charge is 0.237 e. The lowest BCUT2D eigenvalue weighted by molar-refractivity contribution is 0.299. The number of nitrogens with zero attached hydrogens (tertiary/aromatic N) is 1. The van der Waals surface area contributed by atoms with Crippen molar-refractivity contribution >= 4 is 17.0 Å². The van der Waals surface area contributed by atoms with E-state index in [1.54, 1.807) is 17.5 Å². The summed E-state index contributed by atoms with van der Waals surface area (Å²) in [7, 11) is 0. The van der Waals surface area contributed by atoms with Gasteiger partial charge in [-0.2, -0.15) is 0 Å². The Morgan fingerprint density at radius 2 is 2.40 bits per heavy atom. The van der Waals surface area contributed by atoms with Gasteiger partial charge >= 0.3 is 0 Å². The van der Waals surface area contributed by atoms with E-state index in [2.05, 4.69) is 4.98 Å². The number of ether oxygens (including phenoxy) is 1. The molecule has 0 aliphatic rings. The van der Waals surface area contributed by atoms with E-state index < -0.39 is 0 Å². The van der Waals surface area contributed by atoms with Crippen molar-refractivity contribution in [1.29, 1.82) is 0 Å². The van der Waals surface area contributed by atoms with Crippen LogP contribution in [0.5, 0.6) is 5.88 Å². The first kappa shape index (κ1) is 9.98. The van der Waals surface area contributed by atoms with Crippen LogP contribution in [0.1, 0.15) is 10.4 Å². The molecule has 0 amide bonds. The molecule has 2 N–H and O–H groups in total. The minimum atomic E-state index is 0.508. The molecule has 0 saturated carbocycles. The molecule has 0 unspecified atom stereocenters. The van der Waals surface area contributed by atoms with Crippen LogP contribution in [0.3, 0.4) is 0 Å². The number of aromatic nitrogens is 1. The van der Waals surface area contributed by atoms with Gasteiger partial charge in [-0.05, 0) is 30.0 Å². The van der Waals surface area contributed by atoms with Crippen molar-refractivity contribution < 1.29 is 4.74 Å². The average molecular weight is 220 g/mol. The van der Waals surface area contributed by atoms with Crippen LogP contribution in [0.2, 0.25) is 0 Å². The van der Waals surface area contributed by atoms with Crippen molar-refractivity contribution in [3.8, 4) is 5.88 Å². The Bertz CT molecular complexity index is 440. The summed E-state index contributed by atoms with van der Waals surface area (Å²) in [6.45, 7) is 2.48. The highest BCUT2D eigenvalue weighted by molar-refractivity contribution is 7.09. The van der Waals surface area contributed by atoms with Gasteiger partial charge in [-0.15, -0.1) is 11.3 Å². The monoisotopic (exact) mass is 220 g/mol. The zero-order valence-electron chi connectivity index (χ0n) is 8.43. The number of pyridine rings is 1. The van der Waals surface area contributed by atoms with Gasteiger partial charge in [-0.1, -0.05) is 6.07 Å². The molecule has 2 aromatic rings. The van der Waals surface area contributed by atoms with E-state index in [0.717, 1.165) is 10.4 Å². The Morgan fingerprint density at radius 3 is 3.07 bits per heavy atom.